The Morgan fingerprint density at radius 3 is 2.49 bits per heavy atom. The molecule has 3 fully saturated rings. The van der Waals surface area contributed by atoms with Gasteiger partial charge >= 0.3 is 0 Å². The molecule has 3 saturated heterocycles. The smallest absolute Gasteiger partial charge is 0.256 e. The Morgan fingerprint density at radius 1 is 1.23 bits per heavy atom. The normalized spacial score (nSPS) is 41.1. The van der Waals surface area contributed by atoms with Gasteiger partial charge in [-0.1, -0.05) is 32.9 Å². The minimum atomic E-state index is -1.67. The maximum absolute atomic E-state index is 13.2. The summed E-state index contributed by atoms with van der Waals surface area (Å²) in [4.78, 5) is 13.2. The molecule has 3 heterocycles. The molecule has 3 unspecified atom stereocenters. The van der Waals surface area contributed by atoms with E-state index in [0.717, 1.165) is 5.57 Å². The number of fused-ring (bicyclic) bond motifs is 1. The fourth-order valence-electron chi connectivity index (χ4n) is 5.26. The molecule has 202 valence electrons. The number of aliphatic hydroxyl groups is 3. The van der Waals surface area contributed by atoms with E-state index in [2.05, 4.69) is 11.9 Å². The second-order valence-electron chi connectivity index (χ2n) is 10.3. The third-order valence-corrected chi connectivity index (χ3v) is 7.77. The van der Waals surface area contributed by atoms with Gasteiger partial charge in [0, 0.05) is 38.4 Å². The van der Waals surface area contributed by atoms with E-state index in [1.807, 2.05) is 27.7 Å². The first-order valence-corrected chi connectivity index (χ1v) is 12.0. The summed E-state index contributed by atoms with van der Waals surface area (Å²) in [6.45, 7) is 11.2. The SMILES string of the molecule is C=C1C[C@](OC)([C@H](O)C(=O)NC2OCOC3C2O[C@H](C[C@H](O)CO)C(C)(C)[C@@H]3OC)O[C@H](C)[C@@H]1C. The molecule has 0 spiro atoms. The highest BCUT2D eigenvalue weighted by molar-refractivity contribution is 5.82. The van der Waals surface area contributed by atoms with Crippen LogP contribution in [-0.4, -0.2) is 104 Å². The molecule has 3 aliphatic rings. The van der Waals surface area contributed by atoms with E-state index in [9.17, 15) is 20.1 Å². The Hall–Kier alpha value is -1.15. The molecule has 1 amide bonds. The minimum absolute atomic E-state index is 0.0456. The number of rotatable bonds is 8. The highest BCUT2D eigenvalue weighted by Gasteiger charge is 2.57. The van der Waals surface area contributed by atoms with Crippen LogP contribution in [0.3, 0.4) is 0 Å². The second kappa shape index (κ2) is 11.1. The number of hydrogen-bond donors (Lipinski definition) is 4. The maximum atomic E-state index is 13.2. The second-order valence-corrected chi connectivity index (χ2v) is 10.3. The van der Waals surface area contributed by atoms with Crippen molar-refractivity contribution in [1.29, 1.82) is 0 Å². The van der Waals surface area contributed by atoms with Gasteiger partial charge in [-0.3, -0.25) is 4.79 Å². The first-order valence-electron chi connectivity index (χ1n) is 12.0. The van der Waals surface area contributed by atoms with Crippen molar-refractivity contribution in [3.8, 4) is 0 Å². The summed E-state index contributed by atoms with van der Waals surface area (Å²) in [5.41, 5.74) is 0.228. The van der Waals surface area contributed by atoms with Gasteiger partial charge in [-0.15, -0.1) is 0 Å². The molecule has 10 atom stereocenters. The summed E-state index contributed by atoms with van der Waals surface area (Å²) in [5, 5.41) is 33.1. The predicted octanol–water partition coefficient (Wildman–Crippen LogP) is 0.0582. The number of hydrogen-bond acceptors (Lipinski definition) is 10. The number of aliphatic hydroxyl groups excluding tert-OH is 3. The third-order valence-electron chi connectivity index (χ3n) is 7.77. The van der Waals surface area contributed by atoms with Crippen LogP contribution in [0.5, 0.6) is 0 Å². The summed E-state index contributed by atoms with van der Waals surface area (Å²) in [6.07, 6.45) is -6.03. The molecule has 11 heteroatoms. The molecule has 0 aromatic carbocycles. The number of methoxy groups -OCH3 is 2. The average Bonchev–Trinajstić information content (AvgIpc) is 2.82. The van der Waals surface area contributed by atoms with E-state index in [4.69, 9.17) is 28.4 Å². The summed E-state index contributed by atoms with van der Waals surface area (Å²) in [7, 11) is 2.93. The first-order chi connectivity index (χ1) is 16.4. The monoisotopic (exact) mass is 503 g/mol. The lowest BCUT2D eigenvalue weighted by atomic mass is 9.72. The van der Waals surface area contributed by atoms with E-state index < -0.39 is 66.6 Å². The van der Waals surface area contributed by atoms with Crippen LogP contribution in [-0.2, 0) is 33.2 Å². The van der Waals surface area contributed by atoms with Crippen molar-refractivity contribution in [2.45, 2.75) is 95.3 Å². The number of ether oxygens (including phenoxy) is 6. The number of amides is 1. The van der Waals surface area contributed by atoms with Crippen molar-refractivity contribution >= 4 is 5.91 Å². The van der Waals surface area contributed by atoms with Crippen LogP contribution in [0.4, 0.5) is 0 Å². The Morgan fingerprint density at radius 2 is 1.91 bits per heavy atom. The highest BCUT2D eigenvalue weighted by Crippen LogP contribution is 2.44. The lowest BCUT2D eigenvalue weighted by Gasteiger charge is -2.54. The Bertz CT molecular complexity index is 763. The van der Waals surface area contributed by atoms with Gasteiger partial charge in [-0.05, 0) is 6.92 Å². The minimum Gasteiger partial charge on any atom is -0.394 e. The van der Waals surface area contributed by atoms with Crippen LogP contribution < -0.4 is 5.32 Å². The zero-order valence-electron chi connectivity index (χ0n) is 21.4. The number of nitrogens with one attached hydrogen (secondary N) is 1. The zero-order chi connectivity index (χ0) is 26.1. The maximum Gasteiger partial charge on any atom is 0.256 e. The van der Waals surface area contributed by atoms with E-state index in [1.165, 1.54) is 7.11 Å². The fourth-order valence-corrected chi connectivity index (χ4v) is 5.26. The van der Waals surface area contributed by atoms with E-state index in [0.29, 0.717) is 0 Å². The van der Waals surface area contributed by atoms with E-state index in [-0.39, 0.29) is 31.7 Å². The molecule has 0 radical (unpaired) electrons. The molecule has 0 aliphatic carbocycles. The molecule has 0 aromatic heterocycles. The van der Waals surface area contributed by atoms with Crippen molar-refractivity contribution in [2.24, 2.45) is 11.3 Å². The largest absolute Gasteiger partial charge is 0.394 e. The molecule has 35 heavy (non-hydrogen) atoms. The zero-order valence-corrected chi connectivity index (χ0v) is 21.4. The van der Waals surface area contributed by atoms with Gasteiger partial charge in [-0.2, -0.15) is 0 Å². The van der Waals surface area contributed by atoms with Crippen molar-refractivity contribution in [1.82, 2.24) is 5.32 Å². The van der Waals surface area contributed by atoms with Crippen molar-refractivity contribution in [2.75, 3.05) is 27.6 Å². The van der Waals surface area contributed by atoms with Crippen LogP contribution >= 0.6 is 0 Å². The quantitative estimate of drug-likeness (QED) is 0.336. The number of carbonyl (C=O) groups excluding carboxylic acids is 1. The topological polar surface area (TPSA) is 145 Å². The van der Waals surface area contributed by atoms with Gasteiger partial charge in [0.05, 0.1) is 31.0 Å². The summed E-state index contributed by atoms with van der Waals surface area (Å²) >= 11 is 0. The van der Waals surface area contributed by atoms with Crippen LogP contribution in [0.1, 0.15) is 40.5 Å². The fraction of sp³-hybridized carbons (Fsp3) is 0.875. The van der Waals surface area contributed by atoms with Crippen LogP contribution in [0.2, 0.25) is 0 Å². The van der Waals surface area contributed by atoms with Gasteiger partial charge in [0.25, 0.3) is 5.91 Å². The lowest BCUT2D eigenvalue weighted by molar-refractivity contribution is -0.333. The van der Waals surface area contributed by atoms with Gasteiger partial charge in [0.2, 0.25) is 5.79 Å². The van der Waals surface area contributed by atoms with Gasteiger partial charge in [0.1, 0.15) is 19.0 Å². The molecule has 11 nitrogen and oxygen atoms in total. The standard InChI is InChI=1S/C24H41NO10/c1-12-9-24(31-7,35-14(3)13(12)2)19(28)21(29)25-22-18-17(32-11-33-22)20(30-6)23(4,5)16(34-18)8-15(27)10-26/h13-20,22,26-28H,1,8-11H2,2-7H3,(H,25,29)/t13-,14-,15+,16-,17?,18?,19-,20-,22?,24-/m1/s1. The van der Waals surface area contributed by atoms with Gasteiger partial charge in [-0.25, -0.2) is 0 Å². The third kappa shape index (κ3) is 5.43. The van der Waals surface area contributed by atoms with Crippen LogP contribution in [0.15, 0.2) is 12.2 Å². The first kappa shape index (κ1) is 28.4. The Kier molecular flexibility index (Phi) is 8.99. The van der Waals surface area contributed by atoms with Crippen molar-refractivity contribution in [3.05, 3.63) is 12.2 Å². The van der Waals surface area contributed by atoms with Crippen molar-refractivity contribution in [3.63, 3.8) is 0 Å². The molecule has 3 rings (SSSR count). The molecule has 4 N–H and O–H groups in total. The van der Waals surface area contributed by atoms with Crippen LogP contribution in [0, 0.1) is 11.3 Å². The van der Waals surface area contributed by atoms with Crippen molar-refractivity contribution < 1.29 is 48.5 Å². The van der Waals surface area contributed by atoms with E-state index >= 15 is 0 Å². The van der Waals surface area contributed by atoms with Gasteiger partial charge < -0.3 is 49.1 Å². The summed E-state index contributed by atoms with van der Waals surface area (Å²) in [6, 6.07) is 0. The number of carbonyl (C=O) groups is 1. The molecule has 0 aromatic rings. The van der Waals surface area contributed by atoms with Gasteiger partial charge in [0.15, 0.2) is 12.3 Å². The molecule has 3 aliphatic heterocycles. The lowest BCUT2D eigenvalue weighted by Crippen LogP contribution is -2.69. The van der Waals surface area contributed by atoms with Crippen LogP contribution in [0.25, 0.3) is 0 Å². The highest BCUT2D eigenvalue weighted by atomic mass is 16.7. The Labute approximate surface area is 206 Å². The molecular weight excluding hydrogens is 462 g/mol. The van der Waals surface area contributed by atoms with E-state index in [1.54, 1.807) is 7.11 Å². The predicted molar refractivity (Wildman–Crippen MR) is 123 cm³/mol. The summed E-state index contributed by atoms with van der Waals surface area (Å²) in [5.74, 6) is -2.30. The molecule has 0 saturated carbocycles. The molecular formula is C24H41NO10. The summed E-state index contributed by atoms with van der Waals surface area (Å²) < 4.78 is 35.0. The Balaban J connectivity index is 1.79. The molecule has 0 bridgehead atoms. The average molecular weight is 504 g/mol.